The third kappa shape index (κ3) is 2.81. The molecular weight excluding hydrogens is 377 g/mol. The molecule has 2 aromatic rings. The van der Waals surface area contributed by atoms with Crippen molar-refractivity contribution in [3.8, 4) is 0 Å². The van der Waals surface area contributed by atoms with Gasteiger partial charge >= 0.3 is 0 Å². The van der Waals surface area contributed by atoms with Gasteiger partial charge in [0.15, 0.2) is 0 Å². The molecule has 21 heavy (non-hydrogen) atoms. The zero-order valence-electron chi connectivity index (χ0n) is 10.7. The van der Waals surface area contributed by atoms with Gasteiger partial charge < -0.3 is 10.4 Å². The van der Waals surface area contributed by atoms with E-state index in [2.05, 4.69) is 21.2 Å². The van der Waals surface area contributed by atoms with Crippen molar-refractivity contribution in [2.24, 2.45) is 0 Å². The van der Waals surface area contributed by atoms with Crippen molar-refractivity contribution >= 4 is 50.7 Å². The number of aliphatic hydroxyl groups is 1. The molecule has 0 fully saturated rings. The Morgan fingerprint density at radius 3 is 2.57 bits per heavy atom. The molecule has 0 bridgehead atoms. The minimum Gasteiger partial charge on any atom is -0.384 e. The minimum atomic E-state index is -0.945. The summed E-state index contributed by atoms with van der Waals surface area (Å²) in [6, 6.07) is 8.67. The summed E-state index contributed by atoms with van der Waals surface area (Å²) in [6.07, 6.45) is -0.653. The second-order valence-electron chi connectivity index (χ2n) is 4.82. The number of benzene rings is 2. The van der Waals surface area contributed by atoms with E-state index in [1.165, 1.54) is 0 Å². The molecule has 1 heterocycles. The average molecular weight is 387 g/mol. The molecular formula is C15H10BrCl2NO2. The molecule has 0 radical (unpaired) electrons. The van der Waals surface area contributed by atoms with Crippen molar-refractivity contribution in [1.82, 2.24) is 0 Å². The molecule has 3 nitrogen and oxygen atoms in total. The number of rotatable bonds is 2. The Morgan fingerprint density at radius 2 is 1.86 bits per heavy atom. The molecule has 2 N–H and O–H groups in total. The van der Waals surface area contributed by atoms with E-state index in [0.717, 1.165) is 10.0 Å². The van der Waals surface area contributed by atoms with E-state index in [9.17, 15) is 9.90 Å². The Hall–Kier alpha value is -1.07. The second kappa shape index (κ2) is 5.61. The largest absolute Gasteiger partial charge is 0.384 e. The summed E-state index contributed by atoms with van der Waals surface area (Å²) in [5.74, 6) is -0.0746. The number of fused-ring (bicyclic) bond motifs is 1. The van der Waals surface area contributed by atoms with Gasteiger partial charge in [0.1, 0.15) is 6.10 Å². The van der Waals surface area contributed by atoms with Gasteiger partial charge in [-0.2, -0.15) is 0 Å². The lowest BCUT2D eigenvalue weighted by Crippen LogP contribution is -2.03. The highest BCUT2D eigenvalue weighted by Gasteiger charge is 2.23. The molecule has 1 atom stereocenters. The van der Waals surface area contributed by atoms with Crippen LogP contribution >= 0.6 is 39.1 Å². The fourth-order valence-corrected chi connectivity index (χ4v) is 3.41. The average Bonchev–Trinajstić information content (AvgIpc) is 2.76. The van der Waals surface area contributed by atoms with Crippen LogP contribution in [-0.4, -0.2) is 11.0 Å². The Morgan fingerprint density at radius 1 is 1.14 bits per heavy atom. The number of anilines is 1. The Kier molecular flexibility index (Phi) is 3.97. The maximum atomic E-state index is 11.4. The fraction of sp³-hybridized carbons (Fsp3) is 0.133. The van der Waals surface area contributed by atoms with Crippen molar-refractivity contribution in [3.05, 3.63) is 61.5 Å². The van der Waals surface area contributed by atoms with Crippen LogP contribution in [0.3, 0.4) is 0 Å². The number of amides is 1. The Balaban J connectivity index is 2.04. The predicted molar refractivity (Wildman–Crippen MR) is 87.0 cm³/mol. The highest BCUT2D eigenvalue weighted by molar-refractivity contribution is 9.10. The van der Waals surface area contributed by atoms with Crippen LogP contribution in [0.2, 0.25) is 10.0 Å². The molecule has 1 aliphatic heterocycles. The minimum absolute atomic E-state index is 0.0746. The first kappa shape index (κ1) is 14.9. The van der Waals surface area contributed by atoms with Crippen LogP contribution in [0.1, 0.15) is 22.8 Å². The lowest BCUT2D eigenvalue weighted by Gasteiger charge is -2.16. The second-order valence-corrected chi connectivity index (χ2v) is 6.55. The molecule has 108 valence electrons. The van der Waals surface area contributed by atoms with E-state index in [1.807, 2.05) is 0 Å². The number of carbonyl (C=O) groups excluding carboxylic acids is 1. The van der Waals surface area contributed by atoms with Crippen molar-refractivity contribution in [2.45, 2.75) is 12.5 Å². The first-order chi connectivity index (χ1) is 9.95. The lowest BCUT2D eigenvalue weighted by atomic mass is 9.98. The van der Waals surface area contributed by atoms with Crippen molar-refractivity contribution in [3.63, 3.8) is 0 Å². The molecule has 1 aliphatic rings. The van der Waals surface area contributed by atoms with Crippen LogP contribution in [0.4, 0.5) is 5.69 Å². The number of aliphatic hydroxyl groups excluding tert-OH is 1. The summed E-state index contributed by atoms with van der Waals surface area (Å²) < 4.78 is 0.832. The summed E-state index contributed by atoms with van der Waals surface area (Å²) in [7, 11) is 0. The maximum Gasteiger partial charge on any atom is 0.228 e. The van der Waals surface area contributed by atoms with Gasteiger partial charge in [-0.1, -0.05) is 45.2 Å². The molecule has 0 saturated heterocycles. The van der Waals surface area contributed by atoms with E-state index in [1.54, 1.807) is 30.3 Å². The molecule has 6 heteroatoms. The van der Waals surface area contributed by atoms with Crippen LogP contribution in [0, 0.1) is 0 Å². The van der Waals surface area contributed by atoms with Crippen LogP contribution in [0.5, 0.6) is 0 Å². The van der Waals surface area contributed by atoms with Gasteiger partial charge in [-0.15, -0.1) is 0 Å². The topological polar surface area (TPSA) is 49.3 Å². The quantitative estimate of drug-likeness (QED) is 0.806. The third-order valence-corrected chi connectivity index (χ3v) is 4.55. The summed E-state index contributed by atoms with van der Waals surface area (Å²) >= 11 is 15.7. The summed E-state index contributed by atoms with van der Waals surface area (Å²) in [4.78, 5) is 11.4. The molecule has 0 saturated carbocycles. The zero-order valence-corrected chi connectivity index (χ0v) is 13.8. The van der Waals surface area contributed by atoms with Crippen LogP contribution in [0.15, 0.2) is 34.8 Å². The van der Waals surface area contributed by atoms with Gasteiger partial charge in [-0.25, -0.2) is 0 Å². The Labute approximate surface area is 140 Å². The zero-order chi connectivity index (χ0) is 15.1. The van der Waals surface area contributed by atoms with E-state index >= 15 is 0 Å². The van der Waals surface area contributed by atoms with E-state index in [0.29, 0.717) is 33.3 Å². The van der Waals surface area contributed by atoms with Gasteiger partial charge in [0.25, 0.3) is 0 Å². The van der Waals surface area contributed by atoms with Gasteiger partial charge in [-0.05, 0) is 29.8 Å². The summed E-state index contributed by atoms with van der Waals surface area (Å²) in [5, 5.41) is 14.1. The SMILES string of the molecule is O=C1Cc2cc(C(O)c3ccc(Br)cc3Cl)c(Cl)cc2N1. The van der Waals surface area contributed by atoms with Gasteiger partial charge in [-0.3, -0.25) is 4.79 Å². The Bertz CT molecular complexity index is 749. The van der Waals surface area contributed by atoms with E-state index in [4.69, 9.17) is 23.2 Å². The number of nitrogens with one attached hydrogen (secondary N) is 1. The molecule has 2 aromatic carbocycles. The van der Waals surface area contributed by atoms with E-state index < -0.39 is 6.10 Å². The first-order valence-electron chi connectivity index (χ1n) is 6.21. The predicted octanol–water partition coefficient (Wildman–Crippen LogP) is 4.33. The summed E-state index contributed by atoms with van der Waals surface area (Å²) in [6.45, 7) is 0. The van der Waals surface area contributed by atoms with Gasteiger partial charge in [0, 0.05) is 31.3 Å². The standard InChI is InChI=1S/C15H10BrCl2NO2/c16-8-1-2-9(11(17)5-8)15(21)10-3-7-4-14(20)19-13(7)6-12(10)18/h1-3,5-6,15,21H,4H2,(H,19,20). The number of hydrogen-bond acceptors (Lipinski definition) is 2. The molecule has 0 spiro atoms. The lowest BCUT2D eigenvalue weighted by molar-refractivity contribution is -0.115. The van der Waals surface area contributed by atoms with Crippen LogP contribution in [-0.2, 0) is 11.2 Å². The third-order valence-electron chi connectivity index (χ3n) is 3.40. The van der Waals surface area contributed by atoms with E-state index in [-0.39, 0.29) is 5.91 Å². The van der Waals surface area contributed by atoms with Crippen LogP contribution < -0.4 is 5.32 Å². The molecule has 1 amide bonds. The number of halogens is 3. The van der Waals surface area contributed by atoms with Crippen molar-refractivity contribution in [2.75, 3.05) is 5.32 Å². The van der Waals surface area contributed by atoms with Crippen molar-refractivity contribution < 1.29 is 9.90 Å². The highest BCUT2D eigenvalue weighted by atomic mass is 79.9. The molecule has 1 unspecified atom stereocenters. The van der Waals surface area contributed by atoms with Crippen LogP contribution in [0.25, 0.3) is 0 Å². The molecule has 0 aromatic heterocycles. The number of carbonyl (C=O) groups is 1. The smallest absolute Gasteiger partial charge is 0.228 e. The van der Waals surface area contributed by atoms with Crippen molar-refractivity contribution in [1.29, 1.82) is 0 Å². The normalized spacial score (nSPS) is 14.8. The highest BCUT2D eigenvalue weighted by Crippen LogP contribution is 2.37. The summed E-state index contributed by atoms with van der Waals surface area (Å²) in [5.41, 5.74) is 2.63. The van der Waals surface area contributed by atoms with Gasteiger partial charge in [0.2, 0.25) is 5.91 Å². The first-order valence-corrected chi connectivity index (χ1v) is 7.76. The maximum absolute atomic E-state index is 11.4. The monoisotopic (exact) mass is 385 g/mol. The molecule has 0 aliphatic carbocycles. The van der Waals surface area contributed by atoms with Gasteiger partial charge in [0.05, 0.1) is 6.42 Å². The molecule has 3 rings (SSSR count). The number of hydrogen-bond donors (Lipinski definition) is 2. The fourth-order valence-electron chi connectivity index (χ4n) is 2.37.